The number of fused-ring (bicyclic) bond motifs is 1. The Kier molecular flexibility index (Phi) is 11.0. The number of nitrogens with zero attached hydrogens (tertiary/aromatic N) is 5. The van der Waals surface area contributed by atoms with Crippen LogP contribution in [0.15, 0.2) is 40.0 Å². The number of rotatable bonds is 12. The molecule has 2 N–H and O–H groups in total. The van der Waals surface area contributed by atoms with E-state index in [1.807, 2.05) is 38.3 Å². The minimum atomic E-state index is 0.207. The lowest BCUT2D eigenvalue weighted by Gasteiger charge is -2.24. The van der Waals surface area contributed by atoms with Gasteiger partial charge in [-0.15, -0.1) is 0 Å². The summed E-state index contributed by atoms with van der Waals surface area (Å²) < 4.78 is 7.90. The number of hydrogen-bond acceptors (Lipinski definition) is 8. The third-order valence-electron chi connectivity index (χ3n) is 6.57. The first kappa shape index (κ1) is 27.6. The summed E-state index contributed by atoms with van der Waals surface area (Å²) >= 11 is 1.88. The highest BCUT2D eigenvalue weighted by Crippen LogP contribution is 2.44. The van der Waals surface area contributed by atoms with Crippen molar-refractivity contribution >= 4 is 30.2 Å². The molecule has 0 radical (unpaired) electrons. The summed E-state index contributed by atoms with van der Waals surface area (Å²) in [7, 11) is 6.05. The molecule has 0 saturated heterocycles. The van der Waals surface area contributed by atoms with E-state index >= 15 is 0 Å². The van der Waals surface area contributed by atoms with Gasteiger partial charge in [0.15, 0.2) is 0 Å². The zero-order chi connectivity index (χ0) is 25.2. The molecular weight excluding hydrogens is 460 g/mol. The number of aliphatic imine (C=N–C) groups is 1. The van der Waals surface area contributed by atoms with E-state index in [-0.39, 0.29) is 6.61 Å². The van der Waals surface area contributed by atoms with Crippen LogP contribution in [0.25, 0.3) is 0 Å². The Labute approximate surface area is 215 Å². The number of anilines is 1. The average Bonchev–Trinajstić information content (AvgIpc) is 3.18. The molecule has 1 aliphatic heterocycles. The third kappa shape index (κ3) is 8.31. The second kappa shape index (κ2) is 14.0. The minimum Gasteiger partial charge on any atom is -0.428 e. The van der Waals surface area contributed by atoms with E-state index in [9.17, 15) is 0 Å². The molecule has 194 valence electrons. The van der Waals surface area contributed by atoms with Crippen molar-refractivity contribution in [2.45, 2.75) is 36.5 Å². The molecule has 3 atom stereocenters. The Morgan fingerprint density at radius 2 is 2.31 bits per heavy atom. The van der Waals surface area contributed by atoms with E-state index in [2.05, 4.69) is 52.9 Å². The van der Waals surface area contributed by atoms with Crippen LogP contribution in [-0.2, 0) is 4.74 Å². The topological polar surface area (TPSA) is 76.2 Å². The van der Waals surface area contributed by atoms with Crippen molar-refractivity contribution in [3.05, 3.63) is 30.1 Å². The molecule has 3 unspecified atom stereocenters. The SMILES string of the molecule is C=[N+](C)C(=NCC(C)C1Sc2ccncc2N1C)OCC1C=C(CNCCN(C)CCO)CCC1. The van der Waals surface area contributed by atoms with Crippen molar-refractivity contribution in [2.75, 3.05) is 72.0 Å². The molecule has 1 aromatic heterocycles. The molecule has 8 nitrogen and oxygen atoms in total. The van der Waals surface area contributed by atoms with Gasteiger partial charge in [0.25, 0.3) is 0 Å². The number of amidine groups is 1. The average molecular weight is 504 g/mol. The number of hydrogen-bond donors (Lipinski definition) is 2. The molecule has 9 heteroatoms. The Morgan fingerprint density at radius 3 is 3.06 bits per heavy atom. The van der Waals surface area contributed by atoms with E-state index in [4.69, 9.17) is 14.8 Å². The number of likely N-dealkylation sites (N-methyl/N-ethyl adjacent to an activating group) is 1. The first-order valence-corrected chi connectivity index (χ1v) is 13.5. The summed E-state index contributed by atoms with van der Waals surface area (Å²) in [4.78, 5) is 14.8. The van der Waals surface area contributed by atoms with Crippen molar-refractivity contribution in [2.24, 2.45) is 16.8 Å². The van der Waals surface area contributed by atoms with Crippen molar-refractivity contribution in [1.29, 1.82) is 0 Å². The molecule has 0 bridgehead atoms. The van der Waals surface area contributed by atoms with Gasteiger partial charge in [-0.05, 0) is 37.4 Å². The predicted molar refractivity (Wildman–Crippen MR) is 146 cm³/mol. The fourth-order valence-electron chi connectivity index (χ4n) is 4.52. The van der Waals surface area contributed by atoms with Crippen LogP contribution in [0.5, 0.6) is 0 Å². The molecular formula is C26H43N6O2S+. The lowest BCUT2D eigenvalue weighted by molar-refractivity contribution is -0.385. The van der Waals surface area contributed by atoms with Gasteiger partial charge in [-0.2, -0.15) is 0 Å². The summed E-state index contributed by atoms with van der Waals surface area (Å²) in [5.41, 5.74) is 2.65. The summed E-state index contributed by atoms with van der Waals surface area (Å²) in [6.45, 7) is 11.3. The highest BCUT2D eigenvalue weighted by atomic mass is 32.2. The number of aromatic nitrogens is 1. The molecule has 2 heterocycles. The molecule has 1 aliphatic carbocycles. The van der Waals surface area contributed by atoms with Crippen LogP contribution in [0.3, 0.4) is 0 Å². The number of aliphatic hydroxyl groups is 1. The molecule has 0 fully saturated rings. The predicted octanol–water partition coefficient (Wildman–Crippen LogP) is 2.54. The number of pyridine rings is 1. The highest BCUT2D eigenvalue weighted by molar-refractivity contribution is 8.00. The molecule has 1 aromatic rings. The molecule has 0 spiro atoms. The molecule has 0 aromatic carbocycles. The number of thioether (sulfide) groups is 1. The van der Waals surface area contributed by atoms with Crippen LogP contribution in [-0.4, -0.2) is 105 Å². The standard InChI is InChI=1S/C26H43N6O2S/c1-20(25-32(5)23-18-27-10-9-24(23)35-25)16-29-26(30(2)3)34-19-22-8-6-7-21(15-22)17-28-11-12-31(4)13-14-33/h9-10,15,18,20,22,25,28,33H,2,6-8,11-14,16-17,19H2,1,3-5H3/q+1. The fourth-order valence-corrected chi connectivity index (χ4v) is 5.83. The molecule has 0 saturated carbocycles. The van der Waals surface area contributed by atoms with Crippen LogP contribution in [0.4, 0.5) is 5.69 Å². The zero-order valence-corrected chi connectivity index (χ0v) is 22.6. The highest BCUT2D eigenvalue weighted by Gasteiger charge is 2.33. The molecule has 3 rings (SSSR count). The Balaban J connectivity index is 1.46. The van der Waals surface area contributed by atoms with Crippen LogP contribution in [0.1, 0.15) is 26.2 Å². The number of ether oxygens (including phenoxy) is 1. The van der Waals surface area contributed by atoms with E-state index in [0.717, 1.165) is 32.5 Å². The Bertz CT molecular complexity index is 892. The fraction of sp³-hybridized carbons (Fsp3) is 0.654. The van der Waals surface area contributed by atoms with Crippen molar-refractivity contribution in [3.63, 3.8) is 0 Å². The molecule has 0 amide bonds. The van der Waals surface area contributed by atoms with Crippen molar-refractivity contribution < 1.29 is 14.4 Å². The minimum absolute atomic E-state index is 0.207. The number of nitrogens with one attached hydrogen (secondary N) is 1. The van der Waals surface area contributed by atoms with Crippen LogP contribution in [0.2, 0.25) is 0 Å². The number of aliphatic hydroxyl groups excluding tert-OH is 1. The maximum atomic E-state index is 9.00. The molecule has 35 heavy (non-hydrogen) atoms. The van der Waals surface area contributed by atoms with Crippen molar-refractivity contribution in [3.8, 4) is 0 Å². The van der Waals surface area contributed by atoms with Gasteiger partial charge in [-0.3, -0.25) is 4.98 Å². The van der Waals surface area contributed by atoms with E-state index < -0.39 is 0 Å². The monoisotopic (exact) mass is 503 g/mol. The molecule has 2 aliphatic rings. The zero-order valence-electron chi connectivity index (χ0n) is 21.8. The Hall–Kier alpha value is -1.94. The van der Waals surface area contributed by atoms with Gasteiger partial charge in [0.1, 0.15) is 13.2 Å². The van der Waals surface area contributed by atoms with Gasteiger partial charge < -0.3 is 25.0 Å². The van der Waals surface area contributed by atoms with Gasteiger partial charge in [0, 0.05) is 56.2 Å². The first-order chi connectivity index (χ1) is 16.9. The summed E-state index contributed by atoms with van der Waals surface area (Å²) in [5.74, 6) is 0.748. The van der Waals surface area contributed by atoms with E-state index in [1.165, 1.54) is 22.6 Å². The van der Waals surface area contributed by atoms with Gasteiger partial charge in [-0.1, -0.05) is 30.3 Å². The van der Waals surface area contributed by atoms with Gasteiger partial charge in [0.05, 0.1) is 37.6 Å². The summed E-state index contributed by atoms with van der Waals surface area (Å²) in [6, 6.07) is 2.69. The lowest BCUT2D eigenvalue weighted by atomic mass is 9.91. The van der Waals surface area contributed by atoms with Gasteiger partial charge >= 0.3 is 6.02 Å². The summed E-state index contributed by atoms with van der Waals surface area (Å²) in [5, 5.41) is 12.9. The van der Waals surface area contributed by atoms with Gasteiger partial charge in [-0.25, -0.2) is 4.58 Å². The second-order valence-electron chi connectivity index (χ2n) is 9.75. The van der Waals surface area contributed by atoms with Crippen LogP contribution >= 0.6 is 11.8 Å². The van der Waals surface area contributed by atoms with E-state index in [0.29, 0.717) is 42.9 Å². The third-order valence-corrected chi connectivity index (χ3v) is 8.19. The van der Waals surface area contributed by atoms with Crippen LogP contribution in [0, 0.1) is 11.8 Å². The first-order valence-electron chi connectivity index (χ1n) is 12.6. The smallest absolute Gasteiger partial charge is 0.428 e. The second-order valence-corrected chi connectivity index (χ2v) is 10.9. The quantitative estimate of drug-likeness (QED) is 0.149. The van der Waals surface area contributed by atoms with E-state index in [1.54, 1.807) is 4.58 Å². The maximum absolute atomic E-state index is 9.00. The Morgan fingerprint density at radius 1 is 1.49 bits per heavy atom. The largest absolute Gasteiger partial charge is 0.492 e. The van der Waals surface area contributed by atoms with Gasteiger partial charge in [0.2, 0.25) is 0 Å². The van der Waals surface area contributed by atoms with Crippen molar-refractivity contribution in [1.82, 2.24) is 15.2 Å². The summed E-state index contributed by atoms with van der Waals surface area (Å²) in [6.07, 6.45) is 9.65. The maximum Gasteiger partial charge on any atom is 0.492 e. The van der Waals surface area contributed by atoms with Crippen LogP contribution < -0.4 is 10.2 Å². The normalized spacial score (nSPS) is 21.1. The lowest BCUT2D eigenvalue weighted by Crippen LogP contribution is -2.33.